The first-order chi connectivity index (χ1) is 9.67. The molecule has 0 radical (unpaired) electrons. The van der Waals surface area contributed by atoms with Gasteiger partial charge in [-0.1, -0.05) is 0 Å². The lowest BCUT2D eigenvalue weighted by molar-refractivity contribution is 0.120. The molecule has 2 rings (SSSR count). The first-order valence-electron chi connectivity index (χ1n) is 7.12. The molecule has 0 bridgehead atoms. The predicted octanol–water partition coefficient (Wildman–Crippen LogP) is 0.632. The molecule has 0 amide bonds. The zero-order valence-corrected chi connectivity index (χ0v) is 12.4. The zero-order valence-electron chi connectivity index (χ0n) is 12.4. The van der Waals surface area contributed by atoms with E-state index in [1.165, 1.54) is 5.56 Å². The van der Waals surface area contributed by atoms with Gasteiger partial charge in [-0.2, -0.15) is 5.26 Å². The second-order valence-electron chi connectivity index (χ2n) is 5.58. The Morgan fingerprint density at radius 2 is 1.95 bits per heavy atom. The summed E-state index contributed by atoms with van der Waals surface area (Å²) in [5, 5.41) is 8.87. The Labute approximate surface area is 121 Å². The maximum atomic E-state index is 8.87. The van der Waals surface area contributed by atoms with Crippen molar-refractivity contribution in [1.82, 2.24) is 19.7 Å². The van der Waals surface area contributed by atoms with E-state index in [1.807, 2.05) is 12.1 Å². The minimum Gasteiger partial charge on any atom is -0.308 e. The molecule has 0 atom stereocenters. The molecule has 0 spiro atoms. The monoisotopic (exact) mass is 273 g/mol. The Hall–Kier alpha value is -1.48. The van der Waals surface area contributed by atoms with Crippen LogP contribution in [0.5, 0.6) is 0 Å². The molecule has 0 N–H and O–H groups in total. The third kappa shape index (κ3) is 4.57. The van der Waals surface area contributed by atoms with Crippen LogP contribution in [0, 0.1) is 11.3 Å². The molecular formula is C15H23N5. The van der Waals surface area contributed by atoms with Crippen molar-refractivity contribution in [2.24, 2.45) is 0 Å². The van der Waals surface area contributed by atoms with Crippen LogP contribution in [0.25, 0.3) is 0 Å². The number of nitrogens with zero attached hydrogens (tertiary/aromatic N) is 5. The molecule has 0 aliphatic carbocycles. The van der Waals surface area contributed by atoms with Gasteiger partial charge in [0.05, 0.1) is 0 Å². The molecule has 1 saturated heterocycles. The molecule has 5 heteroatoms. The highest BCUT2D eigenvalue weighted by Gasteiger charge is 2.16. The van der Waals surface area contributed by atoms with Gasteiger partial charge in [-0.3, -0.25) is 9.80 Å². The van der Waals surface area contributed by atoms with Crippen molar-refractivity contribution >= 4 is 0 Å². The quantitative estimate of drug-likeness (QED) is 0.787. The van der Waals surface area contributed by atoms with Gasteiger partial charge in [-0.25, -0.2) is 4.98 Å². The average Bonchev–Trinajstić information content (AvgIpc) is 2.47. The number of piperazine rings is 1. The fourth-order valence-corrected chi connectivity index (χ4v) is 2.40. The average molecular weight is 273 g/mol. The van der Waals surface area contributed by atoms with Gasteiger partial charge in [0.25, 0.3) is 0 Å². The molecule has 0 aromatic carbocycles. The summed E-state index contributed by atoms with van der Waals surface area (Å²) < 4.78 is 0. The van der Waals surface area contributed by atoms with Crippen LogP contribution in [0.3, 0.4) is 0 Å². The highest BCUT2D eigenvalue weighted by molar-refractivity contribution is 5.25. The molecule has 1 aliphatic heterocycles. The summed E-state index contributed by atoms with van der Waals surface area (Å²) in [6.07, 6.45) is 1.72. The summed E-state index contributed by atoms with van der Waals surface area (Å²) in [7, 11) is 4.24. The van der Waals surface area contributed by atoms with Gasteiger partial charge in [0.1, 0.15) is 11.8 Å². The molecule has 0 unspecified atom stereocenters. The number of likely N-dealkylation sites (N-methyl/N-ethyl adjacent to an activating group) is 1. The van der Waals surface area contributed by atoms with E-state index in [0.29, 0.717) is 5.69 Å². The fraction of sp³-hybridized carbons (Fsp3) is 0.600. The Morgan fingerprint density at radius 1 is 1.25 bits per heavy atom. The Morgan fingerprint density at radius 3 is 2.60 bits per heavy atom. The van der Waals surface area contributed by atoms with E-state index in [4.69, 9.17) is 5.26 Å². The van der Waals surface area contributed by atoms with Crippen LogP contribution in [0.4, 0.5) is 0 Å². The van der Waals surface area contributed by atoms with Crippen LogP contribution >= 0.6 is 0 Å². The fourth-order valence-electron chi connectivity index (χ4n) is 2.40. The molecule has 108 valence electrons. The van der Waals surface area contributed by atoms with Crippen LogP contribution in [0.1, 0.15) is 11.3 Å². The van der Waals surface area contributed by atoms with Gasteiger partial charge in [0.2, 0.25) is 0 Å². The smallest absolute Gasteiger partial charge is 0.140 e. The molecule has 1 aliphatic rings. The predicted molar refractivity (Wildman–Crippen MR) is 79.2 cm³/mol. The molecule has 1 aromatic rings. The first kappa shape index (κ1) is 14.9. The highest BCUT2D eigenvalue weighted by atomic mass is 15.3. The molecular weight excluding hydrogens is 250 g/mol. The second-order valence-corrected chi connectivity index (χ2v) is 5.58. The summed E-state index contributed by atoms with van der Waals surface area (Å²) in [5.41, 5.74) is 1.69. The van der Waals surface area contributed by atoms with Crippen molar-refractivity contribution in [3.63, 3.8) is 0 Å². The minimum atomic E-state index is 0.507. The van der Waals surface area contributed by atoms with Gasteiger partial charge < -0.3 is 4.90 Å². The van der Waals surface area contributed by atoms with Crippen molar-refractivity contribution in [3.8, 4) is 6.07 Å². The number of hydrogen-bond acceptors (Lipinski definition) is 5. The number of aromatic nitrogens is 1. The molecule has 20 heavy (non-hydrogen) atoms. The number of hydrogen-bond donors (Lipinski definition) is 0. The van der Waals surface area contributed by atoms with Gasteiger partial charge in [0.15, 0.2) is 0 Å². The van der Waals surface area contributed by atoms with Gasteiger partial charge in [-0.05, 0) is 31.8 Å². The largest absolute Gasteiger partial charge is 0.308 e. The van der Waals surface area contributed by atoms with E-state index in [0.717, 1.165) is 45.8 Å². The van der Waals surface area contributed by atoms with Crippen LogP contribution in [0.15, 0.2) is 18.3 Å². The van der Waals surface area contributed by atoms with E-state index in [2.05, 4.69) is 39.8 Å². The van der Waals surface area contributed by atoms with Crippen LogP contribution in [-0.4, -0.2) is 73.0 Å². The number of rotatable bonds is 5. The lowest BCUT2D eigenvalue weighted by Gasteiger charge is -2.35. The van der Waals surface area contributed by atoms with Crippen LogP contribution in [0.2, 0.25) is 0 Å². The van der Waals surface area contributed by atoms with Gasteiger partial charge in [-0.15, -0.1) is 0 Å². The lowest BCUT2D eigenvalue weighted by atomic mass is 10.2. The molecule has 5 nitrogen and oxygen atoms in total. The third-order valence-corrected chi connectivity index (χ3v) is 3.67. The third-order valence-electron chi connectivity index (χ3n) is 3.67. The highest BCUT2D eigenvalue weighted by Crippen LogP contribution is 2.09. The topological polar surface area (TPSA) is 46.4 Å². The minimum absolute atomic E-state index is 0.507. The maximum absolute atomic E-state index is 8.87. The second kappa shape index (κ2) is 7.34. The van der Waals surface area contributed by atoms with E-state index < -0.39 is 0 Å². The normalized spacial score (nSPS) is 17.3. The SMILES string of the molecule is CN(C)CCN1CCN(Cc2ccnc(C#N)c2)CC1. The molecule has 1 aromatic heterocycles. The van der Waals surface area contributed by atoms with E-state index >= 15 is 0 Å². The molecule has 0 saturated carbocycles. The Kier molecular flexibility index (Phi) is 5.48. The summed E-state index contributed by atoms with van der Waals surface area (Å²) in [5.74, 6) is 0. The summed E-state index contributed by atoms with van der Waals surface area (Å²) in [6, 6.07) is 5.98. The number of pyridine rings is 1. The maximum Gasteiger partial charge on any atom is 0.140 e. The van der Waals surface area contributed by atoms with Crippen molar-refractivity contribution in [2.45, 2.75) is 6.54 Å². The molecule has 1 fully saturated rings. The summed E-state index contributed by atoms with van der Waals surface area (Å²) in [4.78, 5) is 11.2. The van der Waals surface area contributed by atoms with Crippen molar-refractivity contribution in [3.05, 3.63) is 29.6 Å². The Bertz CT molecular complexity index is 458. The van der Waals surface area contributed by atoms with Gasteiger partial charge >= 0.3 is 0 Å². The number of nitriles is 1. The van der Waals surface area contributed by atoms with Crippen molar-refractivity contribution in [1.29, 1.82) is 5.26 Å². The Balaban J connectivity index is 1.78. The van der Waals surface area contributed by atoms with Crippen LogP contribution < -0.4 is 0 Å². The van der Waals surface area contributed by atoms with Gasteiger partial charge in [0, 0.05) is 52.0 Å². The summed E-state index contributed by atoms with van der Waals surface area (Å²) in [6.45, 7) is 7.63. The van der Waals surface area contributed by atoms with E-state index in [1.54, 1.807) is 6.20 Å². The lowest BCUT2D eigenvalue weighted by Crippen LogP contribution is -2.47. The molecule has 2 heterocycles. The standard InChI is InChI=1S/C15H23N5/c1-18(2)5-6-19-7-9-20(10-8-19)13-14-3-4-17-15(11-14)12-16/h3-4,11H,5-10,13H2,1-2H3. The van der Waals surface area contributed by atoms with Crippen molar-refractivity contribution < 1.29 is 0 Å². The summed E-state index contributed by atoms with van der Waals surface area (Å²) >= 11 is 0. The first-order valence-corrected chi connectivity index (χ1v) is 7.12. The van der Waals surface area contributed by atoms with E-state index in [-0.39, 0.29) is 0 Å². The zero-order chi connectivity index (χ0) is 14.4. The van der Waals surface area contributed by atoms with Crippen LogP contribution in [-0.2, 0) is 6.54 Å². The van der Waals surface area contributed by atoms with Crippen molar-refractivity contribution in [2.75, 3.05) is 53.4 Å². The van der Waals surface area contributed by atoms with E-state index in [9.17, 15) is 0 Å².